The first-order chi connectivity index (χ1) is 8.29. The lowest BCUT2D eigenvalue weighted by atomic mass is 10.1. The summed E-state index contributed by atoms with van der Waals surface area (Å²) < 4.78 is 5.46. The van der Waals surface area contributed by atoms with Crippen LogP contribution in [0.25, 0.3) is 0 Å². The fourth-order valence-corrected chi connectivity index (χ4v) is 1.79. The van der Waals surface area contributed by atoms with Gasteiger partial charge in [0.1, 0.15) is 5.75 Å². The van der Waals surface area contributed by atoms with E-state index >= 15 is 0 Å². The molecule has 1 heterocycles. The van der Waals surface area contributed by atoms with Crippen molar-refractivity contribution in [2.75, 3.05) is 11.9 Å². The number of unbranched alkanes of at least 4 members (excludes halogenated alkanes) is 1. The fourth-order valence-electron chi connectivity index (χ4n) is 1.79. The average Bonchev–Trinajstić information content (AvgIpc) is 2.49. The zero-order valence-corrected chi connectivity index (χ0v) is 9.53. The summed E-state index contributed by atoms with van der Waals surface area (Å²) in [7, 11) is 0. The number of nitrogens with zero attached hydrogens (tertiary/aromatic N) is 1. The molecule has 2 rings (SSSR count). The molecule has 0 radical (unpaired) electrons. The normalized spacial score (nSPS) is 13.9. The number of ether oxygens (including phenoxy) is 1. The number of hydrogen-bond donors (Lipinski definition) is 1. The maximum atomic E-state index is 11.4. The summed E-state index contributed by atoms with van der Waals surface area (Å²) in [6.07, 6.45) is 2.62. The monoisotopic (exact) mass is 230 g/mol. The van der Waals surface area contributed by atoms with Crippen molar-refractivity contribution in [3.8, 4) is 11.8 Å². The Kier molecular flexibility index (Phi) is 3.61. The molecule has 4 heteroatoms. The van der Waals surface area contributed by atoms with Gasteiger partial charge in [0.25, 0.3) is 0 Å². The molecule has 0 fully saturated rings. The van der Waals surface area contributed by atoms with E-state index in [4.69, 9.17) is 10.00 Å². The largest absolute Gasteiger partial charge is 0.491 e. The van der Waals surface area contributed by atoms with Crippen LogP contribution in [0, 0.1) is 11.3 Å². The number of anilines is 1. The van der Waals surface area contributed by atoms with Gasteiger partial charge in [-0.2, -0.15) is 5.26 Å². The smallest absolute Gasteiger partial charge is 0.227 e. The molecule has 4 nitrogen and oxygen atoms in total. The second-order valence-corrected chi connectivity index (χ2v) is 3.99. The summed E-state index contributed by atoms with van der Waals surface area (Å²) in [6, 6.07) is 7.91. The van der Waals surface area contributed by atoms with Gasteiger partial charge in [-0.05, 0) is 30.5 Å². The highest BCUT2D eigenvalue weighted by molar-refractivity contribution is 5.93. The summed E-state index contributed by atoms with van der Waals surface area (Å²) in [5.74, 6) is 0.706. The number of hydrogen-bond acceptors (Lipinski definition) is 3. The van der Waals surface area contributed by atoms with Crippen LogP contribution < -0.4 is 10.1 Å². The van der Waals surface area contributed by atoms with Crippen LogP contribution in [0.2, 0.25) is 0 Å². The molecule has 1 amide bonds. The Morgan fingerprint density at radius 3 is 3.18 bits per heavy atom. The predicted molar refractivity (Wildman–Crippen MR) is 63.7 cm³/mol. The Morgan fingerprint density at radius 1 is 1.47 bits per heavy atom. The number of amides is 1. The quantitative estimate of drug-likeness (QED) is 0.810. The van der Waals surface area contributed by atoms with Crippen LogP contribution >= 0.6 is 0 Å². The lowest BCUT2D eigenvalue weighted by molar-refractivity contribution is -0.116. The molecule has 0 spiro atoms. The minimum Gasteiger partial charge on any atom is -0.491 e. The molecule has 0 bridgehead atoms. The van der Waals surface area contributed by atoms with Crippen molar-refractivity contribution in [1.82, 2.24) is 0 Å². The lowest BCUT2D eigenvalue weighted by Crippen LogP contribution is -2.10. The van der Waals surface area contributed by atoms with Crippen molar-refractivity contribution in [2.45, 2.75) is 25.7 Å². The van der Waals surface area contributed by atoms with Crippen LogP contribution in [0.3, 0.4) is 0 Å². The summed E-state index contributed by atoms with van der Waals surface area (Å²) in [4.78, 5) is 11.4. The zero-order chi connectivity index (χ0) is 12.1. The van der Waals surface area contributed by atoms with E-state index in [0.717, 1.165) is 29.8 Å². The second-order valence-electron chi connectivity index (χ2n) is 3.99. The van der Waals surface area contributed by atoms with Crippen LogP contribution in [0.15, 0.2) is 18.2 Å². The van der Waals surface area contributed by atoms with Crippen LogP contribution in [0.5, 0.6) is 5.75 Å². The van der Waals surface area contributed by atoms with Gasteiger partial charge in [0, 0.05) is 6.42 Å². The highest BCUT2D eigenvalue weighted by Gasteiger charge is 2.13. The topological polar surface area (TPSA) is 62.1 Å². The number of carbonyl (C=O) groups excluding carboxylic acids is 1. The third kappa shape index (κ3) is 2.97. The SMILES string of the molecule is N#CCCCc1ccc2c(c1)NC(=O)CCO2. The van der Waals surface area contributed by atoms with Gasteiger partial charge in [-0.15, -0.1) is 0 Å². The van der Waals surface area contributed by atoms with Crippen molar-refractivity contribution in [1.29, 1.82) is 5.26 Å². The van der Waals surface area contributed by atoms with E-state index in [1.54, 1.807) is 0 Å². The number of nitrogens with one attached hydrogen (secondary N) is 1. The number of fused-ring (bicyclic) bond motifs is 1. The Morgan fingerprint density at radius 2 is 2.35 bits per heavy atom. The molecule has 0 aliphatic carbocycles. The molecule has 17 heavy (non-hydrogen) atoms. The molecule has 0 atom stereocenters. The summed E-state index contributed by atoms with van der Waals surface area (Å²) in [5, 5.41) is 11.3. The standard InChI is InChI=1S/C13H14N2O2/c14-7-2-1-3-10-4-5-12-11(9-10)15-13(16)6-8-17-12/h4-5,9H,1-3,6,8H2,(H,15,16). The van der Waals surface area contributed by atoms with Gasteiger partial charge in [0.15, 0.2) is 0 Å². The molecular formula is C13H14N2O2. The Labute approximate surface area is 100 Å². The highest BCUT2D eigenvalue weighted by Crippen LogP contribution is 2.28. The van der Waals surface area contributed by atoms with Gasteiger partial charge in [-0.3, -0.25) is 4.79 Å². The number of nitriles is 1. The maximum Gasteiger partial charge on any atom is 0.227 e. The number of carbonyl (C=O) groups is 1. The van der Waals surface area contributed by atoms with Crippen LogP contribution in [0.1, 0.15) is 24.8 Å². The molecular weight excluding hydrogens is 216 g/mol. The third-order valence-electron chi connectivity index (χ3n) is 2.66. The van der Waals surface area contributed by atoms with E-state index in [1.807, 2.05) is 18.2 Å². The van der Waals surface area contributed by atoms with Gasteiger partial charge < -0.3 is 10.1 Å². The van der Waals surface area contributed by atoms with E-state index in [0.29, 0.717) is 19.4 Å². The van der Waals surface area contributed by atoms with Gasteiger partial charge in [0.05, 0.1) is 24.8 Å². The average molecular weight is 230 g/mol. The van der Waals surface area contributed by atoms with Crippen LogP contribution in [0.4, 0.5) is 5.69 Å². The summed E-state index contributed by atoms with van der Waals surface area (Å²) >= 11 is 0. The first-order valence-electron chi connectivity index (χ1n) is 5.72. The first kappa shape index (κ1) is 11.5. The lowest BCUT2D eigenvalue weighted by Gasteiger charge is -2.08. The molecule has 88 valence electrons. The van der Waals surface area contributed by atoms with Crippen molar-refractivity contribution in [3.05, 3.63) is 23.8 Å². The first-order valence-corrected chi connectivity index (χ1v) is 5.72. The second kappa shape index (κ2) is 5.35. The van der Waals surface area contributed by atoms with E-state index in [1.165, 1.54) is 0 Å². The third-order valence-corrected chi connectivity index (χ3v) is 2.66. The molecule has 1 aliphatic rings. The molecule has 0 aromatic heterocycles. The van der Waals surface area contributed by atoms with Crippen LogP contribution in [-0.2, 0) is 11.2 Å². The molecule has 0 unspecified atom stereocenters. The molecule has 1 aromatic carbocycles. The highest BCUT2D eigenvalue weighted by atomic mass is 16.5. The van der Waals surface area contributed by atoms with E-state index in [-0.39, 0.29) is 5.91 Å². The van der Waals surface area contributed by atoms with Gasteiger partial charge >= 0.3 is 0 Å². The van der Waals surface area contributed by atoms with Crippen molar-refractivity contribution in [3.63, 3.8) is 0 Å². The minimum absolute atomic E-state index is 0.0158. The van der Waals surface area contributed by atoms with Gasteiger partial charge in [-0.25, -0.2) is 0 Å². The summed E-state index contributed by atoms with van der Waals surface area (Å²) in [6.45, 7) is 0.423. The van der Waals surface area contributed by atoms with Gasteiger partial charge in [-0.1, -0.05) is 6.07 Å². The fraction of sp³-hybridized carbons (Fsp3) is 0.385. The zero-order valence-electron chi connectivity index (χ0n) is 9.53. The molecule has 0 saturated heterocycles. The maximum absolute atomic E-state index is 11.4. The summed E-state index contributed by atoms with van der Waals surface area (Å²) in [5.41, 5.74) is 1.85. The van der Waals surface area contributed by atoms with E-state index < -0.39 is 0 Å². The van der Waals surface area contributed by atoms with E-state index in [9.17, 15) is 4.79 Å². The Hall–Kier alpha value is -2.02. The van der Waals surface area contributed by atoms with Crippen molar-refractivity contribution >= 4 is 11.6 Å². The molecule has 0 saturated carbocycles. The van der Waals surface area contributed by atoms with Crippen molar-refractivity contribution in [2.24, 2.45) is 0 Å². The predicted octanol–water partition coefficient (Wildman–Crippen LogP) is 2.25. The van der Waals surface area contributed by atoms with E-state index in [2.05, 4.69) is 11.4 Å². The molecule has 1 aliphatic heterocycles. The number of aryl methyl sites for hydroxylation is 1. The van der Waals surface area contributed by atoms with Gasteiger partial charge in [0.2, 0.25) is 5.91 Å². The minimum atomic E-state index is -0.0158. The van der Waals surface area contributed by atoms with Crippen molar-refractivity contribution < 1.29 is 9.53 Å². The van der Waals surface area contributed by atoms with Crippen LogP contribution in [-0.4, -0.2) is 12.5 Å². The Balaban J connectivity index is 2.12. The number of rotatable bonds is 3. The Bertz CT molecular complexity index is 463. The number of benzene rings is 1. The molecule has 1 N–H and O–H groups in total. The molecule has 1 aromatic rings.